The first-order chi connectivity index (χ1) is 20.0. The van der Waals surface area contributed by atoms with Crippen LogP contribution in [0.3, 0.4) is 0 Å². The first-order valence-corrected chi connectivity index (χ1v) is 13.8. The van der Waals surface area contributed by atoms with Crippen LogP contribution in [0.1, 0.15) is 48.4 Å². The van der Waals surface area contributed by atoms with Gasteiger partial charge < -0.3 is 24.6 Å². The Morgan fingerprint density at radius 1 is 0.976 bits per heavy atom. The Balaban J connectivity index is 1.20. The molecule has 9 nitrogen and oxygen atoms in total. The SMILES string of the molecule is CN(C(=O)C1CCC[C@@H]1C(=O)O)C1CCN(c2ccc(NC(=O)c3nc(-c4ccccc4)oc3C(F)(F)F)cc2)CC1. The van der Waals surface area contributed by atoms with E-state index in [0.717, 1.165) is 12.1 Å². The molecule has 12 heteroatoms. The number of hydrogen-bond acceptors (Lipinski definition) is 6. The fraction of sp³-hybridized carbons (Fsp3) is 0.400. The molecule has 2 N–H and O–H groups in total. The third-order valence-corrected chi connectivity index (χ3v) is 8.12. The molecule has 2 heterocycles. The van der Waals surface area contributed by atoms with E-state index >= 15 is 0 Å². The number of piperidine rings is 1. The van der Waals surface area contributed by atoms with Crippen molar-refractivity contribution in [1.29, 1.82) is 0 Å². The van der Waals surface area contributed by atoms with Crippen LogP contribution >= 0.6 is 0 Å². The van der Waals surface area contributed by atoms with Gasteiger partial charge in [0.1, 0.15) is 0 Å². The molecule has 2 aliphatic rings. The number of hydrogen-bond donors (Lipinski definition) is 2. The van der Waals surface area contributed by atoms with Crippen LogP contribution in [0.5, 0.6) is 0 Å². The number of amides is 2. The minimum Gasteiger partial charge on any atom is -0.481 e. The lowest BCUT2D eigenvalue weighted by atomic mass is 9.93. The smallest absolute Gasteiger partial charge is 0.452 e. The largest absolute Gasteiger partial charge is 0.481 e. The third kappa shape index (κ3) is 6.12. The van der Waals surface area contributed by atoms with E-state index in [0.29, 0.717) is 50.0 Å². The Morgan fingerprint density at radius 2 is 1.62 bits per heavy atom. The summed E-state index contributed by atoms with van der Waals surface area (Å²) in [4.78, 5) is 45.0. The molecule has 0 bridgehead atoms. The van der Waals surface area contributed by atoms with E-state index in [1.165, 1.54) is 12.1 Å². The van der Waals surface area contributed by atoms with Crippen LogP contribution in [0.2, 0.25) is 0 Å². The number of oxazole rings is 1. The first-order valence-electron chi connectivity index (χ1n) is 13.8. The van der Waals surface area contributed by atoms with Gasteiger partial charge >= 0.3 is 12.1 Å². The van der Waals surface area contributed by atoms with E-state index in [4.69, 9.17) is 4.42 Å². The van der Waals surface area contributed by atoms with Gasteiger partial charge in [0.05, 0.1) is 11.8 Å². The molecule has 0 spiro atoms. The monoisotopic (exact) mass is 584 g/mol. The zero-order chi connectivity index (χ0) is 30.0. The summed E-state index contributed by atoms with van der Waals surface area (Å²) in [6.45, 7) is 1.33. The van der Waals surface area contributed by atoms with Gasteiger partial charge in [-0.1, -0.05) is 24.6 Å². The molecular weight excluding hydrogens is 553 g/mol. The maximum Gasteiger partial charge on any atom is 0.452 e. The van der Waals surface area contributed by atoms with Crippen molar-refractivity contribution in [3.8, 4) is 11.5 Å². The fourth-order valence-corrected chi connectivity index (χ4v) is 5.82. The molecule has 5 rings (SSSR count). The quantitative estimate of drug-likeness (QED) is 0.375. The molecule has 3 aromatic rings. The van der Waals surface area contributed by atoms with Crippen molar-refractivity contribution < 1.29 is 37.1 Å². The molecule has 1 aliphatic heterocycles. The Labute approximate surface area is 240 Å². The Bertz CT molecular complexity index is 1430. The number of nitrogens with zero attached hydrogens (tertiary/aromatic N) is 3. The number of alkyl halides is 3. The summed E-state index contributed by atoms with van der Waals surface area (Å²) >= 11 is 0. The van der Waals surface area contributed by atoms with Crippen LogP contribution < -0.4 is 10.2 Å². The molecule has 1 aromatic heterocycles. The molecule has 1 saturated heterocycles. The van der Waals surface area contributed by atoms with E-state index < -0.39 is 41.3 Å². The zero-order valence-electron chi connectivity index (χ0n) is 22.9. The predicted molar refractivity (Wildman–Crippen MR) is 148 cm³/mol. The summed E-state index contributed by atoms with van der Waals surface area (Å²) in [6.07, 6.45) is -1.61. The highest BCUT2D eigenvalue weighted by atomic mass is 19.4. The number of nitrogens with one attached hydrogen (secondary N) is 1. The van der Waals surface area contributed by atoms with Gasteiger partial charge in [-0.15, -0.1) is 0 Å². The Morgan fingerprint density at radius 3 is 2.24 bits per heavy atom. The van der Waals surface area contributed by atoms with Gasteiger partial charge in [0.25, 0.3) is 5.91 Å². The summed E-state index contributed by atoms with van der Waals surface area (Å²) in [5, 5.41) is 11.9. The summed E-state index contributed by atoms with van der Waals surface area (Å²) in [5.41, 5.74) is 0.629. The van der Waals surface area contributed by atoms with Crippen molar-refractivity contribution in [3.05, 3.63) is 66.1 Å². The van der Waals surface area contributed by atoms with E-state index in [1.54, 1.807) is 54.4 Å². The molecule has 2 aromatic carbocycles. The zero-order valence-corrected chi connectivity index (χ0v) is 22.9. The van der Waals surface area contributed by atoms with Crippen LogP contribution in [-0.4, -0.2) is 59.0 Å². The first kappa shape index (κ1) is 29.2. The van der Waals surface area contributed by atoms with Crippen molar-refractivity contribution in [2.75, 3.05) is 30.4 Å². The minimum atomic E-state index is -4.91. The standard InChI is InChI=1S/C30H31F3N4O5/c1-36(28(39)22-8-5-9-23(22)29(40)41)20-14-16-37(17-15-20)21-12-10-19(11-13-21)34-26(38)24-25(30(31,32)33)42-27(35-24)18-6-3-2-4-7-18/h2-4,6-7,10-13,20,22-23H,5,8-9,14-17H2,1H3,(H,34,38)(H,40,41)/t22?,23-/m0/s1. The second kappa shape index (κ2) is 11.9. The number of halogens is 3. The van der Waals surface area contributed by atoms with Gasteiger partial charge in [-0.2, -0.15) is 13.2 Å². The van der Waals surface area contributed by atoms with Crippen LogP contribution in [0.4, 0.5) is 24.5 Å². The number of carboxylic acids is 1. The van der Waals surface area contributed by atoms with Crippen molar-refractivity contribution >= 4 is 29.2 Å². The number of aromatic nitrogens is 1. The molecule has 2 amide bonds. The van der Waals surface area contributed by atoms with Crippen molar-refractivity contribution in [2.45, 2.75) is 44.3 Å². The Hall–Kier alpha value is -4.35. The predicted octanol–water partition coefficient (Wildman–Crippen LogP) is 5.54. The molecule has 2 atom stereocenters. The van der Waals surface area contributed by atoms with E-state index in [1.807, 2.05) is 0 Å². The lowest BCUT2D eigenvalue weighted by Gasteiger charge is -2.39. The number of anilines is 2. The van der Waals surface area contributed by atoms with Crippen molar-refractivity contribution in [1.82, 2.24) is 9.88 Å². The number of aliphatic carboxylic acids is 1. The number of carbonyl (C=O) groups is 3. The molecule has 1 aliphatic carbocycles. The normalized spacial score (nSPS) is 19.5. The van der Waals surface area contributed by atoms with Crippen LogP contribution in [-0.2, 0) is 15.8 Å². The number of benzene rings is 2. The molecule has 0 radical (unpaired) electrons. The lowest BCUT2D eigenvalue weighted by Crippen LogP contribution is -2.48. The second-order valence-corrected chi connectivity index (χ2v) is 10.7. The third-order valence-electron chi connectivity index (χ3n) is 8.12. The van der Waals surface area contributed by atoms with Crippen molar-refractivity contribution in [2.24, 2.45) is 11.8 Å². The minimum absolute atomic E-state index is 0.00780. The molecule has 1 unspecified atom stereocenters. The van der Waals surface area contributed by atoms with Gasteiger partial charge in [0, 0.05) is 43.1 Å². The highest BCUT2D eigenvalue weighted by Crippen LogP contribution is 2.36. The average molecular weight is 585 g/mol. The second-order valence-electron chi connectivity index (χ2n) is 10.7. The number of rotatable bonds is 7. The molecule has 1 saturated carbocycles. The van der Waals surface area contributed by atoms with Gasteiger partial charge in [0.2, 0.25) is 17.6 Å². The maximum atomic E-state index is 13.6. The topological polar surface area (TPSA) is 116 Å². The highest BCUT2D eigenvalue weighted by Gasteiger charge is 2.42. The fourth-order valence-electron chi connectivity index (χ4n) is 5.82. The van der Waals surface area contributed by atoms with E-state index in [9.17, 15) is 32.7 Å². The van der Waals surface area contributed by atoms with Gasteiger partial charge in [0.15, 0.2) is 5.69 Å². The summed E-state index contributed by atoms with van der Waals surface area (Å²) < 4.78 is 45.8. The average Bonchev–Trinajstić information content (AvgIpc) is 3.66. The van der Waals surface area contributed by atoms with Gasteiger partial charge in [-0.3, -0.25) is 14.4 Å². The highest BCUT2D eigenvalue weighted by molar-refractivity contribution is 6.04. The van der Waals surface area contributed by atoms with Crippen LogP contribution in [0.25, 0.3) is 11.5 Å². The summed E-state index contributed by atoms with van der Waals surface area (Å²) in [5.74, 6) is -4.90. The molecule has 42 heavy (non-hydrogen) atoms. The van der Waals surface area contributed by atoms with E-state index in [2.05, 4.69) is 15.2 Å². The van der Waals surface area contributed by atoms with Crippen LogP contribution in [0.15, 0.2) is 59.0 Å². The number of carboxylic acid groups (broad SMARTS) is 1. The van der Waals surface area contributed by atoms with Crippen LogP contribution in [0, 0.1) is 11.8 Å². The maximum absolute atomic E-state index is 13.6. The number of carbonyl (C=O) groups excluding carboxylic acids is 2. The van der Waals surface area contributed by atoms with Gasteiger partial charge in [-0.25, -0.2) is 4.98 Å². The summed E-state index contributed by atoms with van der Waals surface area (Å²) in [6, 6.07) is 14.8. The summed E-state index contributed by atoms with van der Waals surface area (Å²) in [7, 11) is 1.75. The van der Waals surface area contributed by atoms with Crippen molar-refractivity contribution in [3.63, 3.8) is 0 Å². The molecular formula is C30H31F3N4O5. The molecule has 2 fully saturated rings. The van der Waals surface area contributed by atoms with E-state index in [-0.39, 0.29) is 17.8 Å². The Kier molecular flexibility index (Phi) is 8.24. The molecule has 222 valence electrons. The van der Waals surface area contributed by atoms with Gasteiger partial charge in [-0.05, 0) is 62.1 Å². The lowest BCUT2D eigenvalue weighted by molar-refractivity contribution is -0.153.